The molecule has 18 heavy (non-hydrogen) atoms. The molecule has 0 bridgehead atoms. The fourth-order valence-electron chi connectivity index (χ4n) is 1.87. The fourth-order valence-corrected chi connectivity index (χ4v) is 1.87. The molecule has 0 aromatic rings. The van der Waals surface area contributed by atoms with Crippen LogP contribution in [0.2, 0.25) is 0 Å². The second kappa shape index (κ2) is 8.92. The smallest absolute Gasteiger partial charge is 0.0843 e. The van der Waals surface area contributed by atoms with E-state index in [4.69, 9.17) is 9.47 Å². The van der Waals surface area contributed by atoms with Crippen molar-refractivity contribution in [3.8, 4) is 0 Å². The Morgan fingerprint density at radius 1 is 1.11 bits per heavy atom. The third-order valence-corrected chi connectivity index (χ3v) is 2.69. The van der Waals surface area contributed by atoms with Crippen molar-refractivity contribution in [3.63, 3.8) is 0 Å². The van der Waals surface area contributed by atoms with Crippen LogP contribution in [-0.2, 0) is 9.47 Å². The SMILES string of the molecule is [CH2]CC(OCC(C)C)C(CCCC)OC(C)(C)C. The first-order valence-electron chi connectivity index (χ1n) is 7.38. The molecular weight excluding hydrogens is 224 g/mol. The number of rotatable bonds is 9. The molecule has 0 amide bonds. The second-order valence-electron chi connectivity index (χ2n) is 6.47. The molecule has 0 N–H and O–H groups in total. The molecule has 0 saturated heterocycles. The summed E-state index contributed by atoms with van der Waals surface area (Å²) in [4.78, 5) is 0. The molecule has 0 aromatic heterocycles. The highest BCUT2D eigenvalue weighted by atomic mass is 16.6. The van der Waals surface area contributed by atoms with Crippen LogP contribution in [0.15, 0.2) is 0 Å². The lowest BCUT2D eigenvalue weighted by molar-refractivity contribution is -0.134. The van der Waals surface area contributed by atoms with Crippen molar-refractivity contribution < 1.29 is 9.47 Å². The first-order valence-corrected chi connectivity index (χ1v) is 7.38. The van der Waals surface area contributed by atoms with Crippen LogP contribution >= 0.6 is 0 Å². The Balaban J connectivity index is 4.46. The molecule has 2 heteroatoms. The van der Waals surface area contributed by atoms with Crippen LogP contribution in [0.4, 0.5) is 0 Å². The van der Waals surface area contributed by atoms with Crippen LogP contribution in [0.1, 0.15) is 67.2 Å². The van der Waals surface area contributed by atoms with Crippen molar-refractivity contribution in [2.75, 3.05) is 6.61 Å². The van der Waals surface area contributed by atoms with Crippen molar-refractivity contribution in [3.05, 3.63) is 6.92 Å². The summed E-state index contributed by atoms with van der Waals surface area (Å²) in [6.45, 7) is 17.7. The lowest BCUT2D eigenvalue weighted by atomic mass is 10.0. The van der Waals surface area contributed by atoms with Gasteiger partial charge in [0.1, 0.15) is 0 Å². The maximum absolute atomic E-state index is 6.16. The van der Waals surface area contributed by atoms with Crippen LogP contribution in [0.5, 0.6) is 0 Å². The number of ether oxygens (including phenoxy) is 2. The summed E-state index contributed by atoms with van der Waals surface area (Å²) in [5.41, 5.74) is -0.118. The van der Waals surface area contributed by atoms with Gasteiger partial charge in [-0.2, -0.15) is 0 Å². The van der Waals surface area contributed by atoms with E-state index in [2.05, 4.69) is 48.5 Å². The quantitative estimate of drug-likeness (QED) is 0.600. The summed E-state index contributed by atoms with van der Waals surface area (Å²) < 4.78 is 12.1. The third kappa shape index (κ3) is 8.93. The van der Waals surface area contributed by atoms with Crippen molar-refractivity contribution in [1.82, 2.24) is 0 Å². The van der Waals surface area contributed by atoms with Crippen LogP contribution in [0.25, 0.3) is 0 Å². The Labute approximate surface area is 114 Å². The minimum atomic E-state index is -0.118. The predicted molar refractivity (Wildman–Crippen MR) is 78.7 cm³/mol. The highest BCUT2D eigenvalue weighted by Crippen LogP contribution is 2.21. The molecule has 2 nitrogen and oxygen atoms in total. The maximum Gasteiger partial charge on any atom is 0.0843 e. The first kappa shape index (κ1) is 17.9. The van der Waals surface area contributed by atoms with Crippen molar-refractivity contribution in [2.24, 2.45) is 5.92 Å². The minimum absolute atomic E-state index is 0.118. The second-order valence-corrected chi connectivity index (χ2v) is 6.47. The number of hydrogen-bond donors (Lipinski definition) is 0. The molecule has 2 unspecified atom stereocenters. The maximum atomic E-state index is 6.16. The van der Waals surface area contributed by atoms with Gasteiger partial charge in [0, 0.05) is 6.61 Å². The molecule has 0 heterocycles. The van der Waals surface area contributed by atoms with Crippen LogP contribution in [0.3, 0.4) is 0 Å². The lowest BCUT2D eigenvalue weighted by Gasteiger charge is -2.33. The molecule has 1 radical (unpaired) electrons. The van der Waals surface area contributed by atoms with Gasteiger partial charge in [0.15, 0.2) is 0 Å². The van der Waals surface area contributed by atoms with E-state index in [-0.39, 0.29) is 17.8 Å². The highest BCUT2D eigenvalue weighted by Gasteiger charge is 2.26. The third-order valence-electron chi connectivity index (χ3n) is 2.69. The Hall–Kier alpha value is -0.0800. The zero-order valence-corrected chi connectivity index (χ0v) is 13.3. The van der Waals surface area contributed by atoms with E-state index in [9.17, 15) is 0 Å². The molecule has 109 valence electrons. The van der Waals surface area contributed by atoms with Crippen LogP contribution in [0, 0.1) is 12.8 Å². The van der Waals surface area contributed by atoms with Crippen molar-refractivity contribution in [1.29, 1.82) is 0 Å². The van der Waals surface area contributed by atoms with E-state index in [1.165, 1.54) is 12.8 Å². The zero-order valence-electron chi connectivity index (χ0n) is 13.3. The normalized spacial score (nSPS) is 16.0. The molecule has 2 atom stereocenters. The van der Waals surface area contributed by atoms with Gasteiger partial charge < -0.3 is 9.47 Å². The van der Waals surface area contributed by atoms with E-state index in [1.54, 1.807) is 0 Å². The standard InChI is InChI=1S/C16H33O2/c1-8-10-11-15(18-16(5,6)7)14(9-2)17-12-13(3)4/h13-15H,2,8-12H2,1,3-7H3. The van der Waals surface area contributed by atoms with Gasteiger partial charge in [0.05, 0.1) is 17.8 Å². The zero-order chi connectivity index (χ0) is 14.2. The summed E-state index contributed by atoms with van der Waals surface area (Å²) in [6.07, 6.45) is 4.50. The summed E-state index contributed by atoms with van der Waals surface area (Å²) in [5.74, 6) is 0.556. The Kier molecular flexibility index (Phi) is 8.89. The molecule has 0 aliphatic heterocycles. The van der Waals surface area contributed by atoms with Crippen molar-refractivity contribution in [2.45, 2.75) is 85.0 Å². The Morgan fingerprint density at radius 2 is 1.72 bits per heavy atom. The predicted octanol–water partition coefficient (Wildman–Crippen LogP) is 4.63. The van der Waals surface area contributed by atoms with Gasteiger partial charge in [-0.25, -0.2) is 0 Å². The van der Waals surface area contributed by atoms with E-state index >= 15 is 0 Å². The molecule has 0 spiro atoms. The summed E-state index contributed by atoms with van der Waals surface area (Å²) in [6, 6.07) is 0. The van der Waals surface area contributed by atoms with E-state index in [0.29, 0.717) is 5.92 Å². The number of hydrogen-bond acceptors (Lipinski definition) is 2. The van der Waals surface area contributed by atoms with Crippen molar-refractivity contribution >= 4 is 0 Å². The van der Waals surface area contributed by atoms with Crippen LogP contribution in [-0.4, -0.2) is 24.4 Å². The number of unbranched alkanes of at least 4 members (excludes halogenated alkanes) is 1. The minimum Gasteiger partial charge on any atom is -0.375 e. The largest absolute Gasteiger partial charge is 0.375 e. The average Bonchev–Trinajstić information content (AvgIpc) is 2.24. The van der Waals surface area contributed by atoms with Gasteiger partial charge in [-0.15, -0.1) is 0 Å². The molecular formula is C16H33O2. The molecule has 0 aliphatic rings. The summed E-state index contributed by atoms with van der Waals surface area (Å²) in [7, 11) is 0. The van der Waals surface area contributed by atoms with Gasteiger partial charge in [-0.1, -0.05) is 40.5 Å². The first-order chi connectivity index (χ1) is 8.30. The Morgan fingerprint density at radius 3 is 2.11 bits per heavy atom. The van der Waals surface area contributed by atoms with Gasteiger partial charge in [-0.3, -0.25) is 0 Å². The monoisotopic (exact) mass is 257 g/mol. The fraction of sp³-hybridized carbons (Fsp3) is 0.938. The lowest BCUT2D eigenvalue weighted by Crippen LogP contribution is -2.38. The van der Waals surface area contributed by atoms with Gasteiger partial charge in [0.25, 0.3) is 0 Å². The van der Waals surface area contributed by atoms with E-state index < -0.39 is 0 Å². The Bertz CT molecular complexity index is 194. The molecule has 0 saturated carbocycles. The molecule has 0 aliphatic carbocycles. The van der Waals surface area contributed by atoms with E-state index in [1.807, 2.05) is 0 Å². The average molecular weight is 257 g/mol. The van der Waals surface area contributed by atoms with E-state index in [0.717, 1.165) is 19.4 Å². The highest BCUT2D eigenvalue weighted by molar-refractivity contribution is 4.76. The summed E-state index contributed by atoms with van der Waals surface area (Å²) in [5, 5.41) is 0. The molecule has 0 rings (SSSR count). The summed E-state index contributed by atoms with van der Waals surface area (Å²) >= 11 is 0. The van der Waals surface area contributed by atoms with Gasteiger partial charge >= 0.3 is 0 Å². The molecule has 0 aromatic carbocycles. The van der Waals surface area contributed by atoms with Gasteiger partial charge in [-0.05, 0) is 39.5 Å². The topological polar surface area (TPSA) is 18.5 Å². The van der Waals surface area contributed by atoms with Crippen LogP contribution < -0.4 is 0 Å². The van der Waals surface area contributed by atoms with Gasteiger partial charge in [0.2, 0.25) is 0 Å². The molecule has 0 fully saturated rings.